The molecule has 0 aliphatic rings. The molecule has 20 heavy (non-hydrogen) atoms. The van der Waals surface area contributed by atoms with Gasteiger partial charge in [-0.2, -0.15) is 0 Å². The van der Waals surface area contributed by atoms with E-state index in [1.165, 1.54) is 11.0 Å². The van der Waals surface area contributed by atoms with Crippen LogP contribution in [0.15, 0.2) is 30.6 Å². The molecular weight excluding hydrogens is 256 g/mol. The lowest BCUT2D eigenvalue weighted by Crippen LogP contribution is -2.40. The average molecular weight is 274 g/mol. The van der Waals surface area contributed by atoms with Gasteiger partial charge in [-0.1, -0.05) is 26.3 Å². The summed E-state index contributed by atoms with van der Waals surface area (Å²) in [5.74, 6) is -0.0501. The molecule has 0 saturated carbocycles. The molecule has 0 spiro atoms. The summed E-state index contributed by atoms with van der Waals surface area (Å²) in [6.45, 7) is 3.97. The minimum Gasteiger partial charge on any atom is -0.325 e. The van der Waals surface area contributed by atoms with E-state index in [0.717, 1.165) is 12.1 Å². The number of hydrogen-bond donors (Lipinski definition) is 2. The topological polar surface area (TPSA) is 98.7 Å². The Bertz CT molecular complexity index is 568. The molecule has 3 N–H and O–H groups in total. The van der Waals surface area contributed by atoms with Gasteiger partial charge in [0.05, 0.1) is 11.7 Å². The molecule has 2 atom stereocenters. The molecular formula is C13H18N6O. The number of anilines is 1. The fourth-order valence-corrected chi connectivity index (χ4v) is 1.74. The van der Waals surface area contributed by atoms with Gasteiger partial charge in [0.2, 0.25) is 5.91 Å². The Morgan fingerprint density at radius 2 is 2.30 bits per heavy atom. The van der Waals surface area contributed by atoms with Gasteiger partial charge in [0.25, 0.3) is 0 Å². The summed E-state index contributed by atoms with van der Waals surface area (Å²) in [5, 5.41) is 13.8. The van der Waals surface area contributed by atoms with E-state index >= 15 is 0 Å². The van der Waals surface area contributed by atoms with Gasteiger partial charge >= 0.3 is 0 Å². The number of tetrazole rings is 1. The minimum absolute atomic E-state index is 0.137. The smallest absolute Gasteiger partial charge is 0.241 e. The van der Waals surface area contributed by atoms with Crippen LogP contribution in [0.2, 0.25) is 0 Å². The highest BCUT2D eigenvalue weighted by Crippen LogP contribution is 2.14. The van der Waals surface area contributed by atoms with Crippen molar-refractivity contribution < 1.29 is 4.79 Å². The molecule has 7 heteroatoms. The molecule has 0 radical (unpaired) electrons. The van der Waals surface area contributed by atoms with Crippen molar-refractivity contribution in [3.8, 4) is 5.69 Å². The van der Waals surface area contributed by atoms with Crippen LogP contribution >= 0.6 is 0 Å². The van der Waals surface area contributed by atoms with E-state index in [4.69, 9.17) is 5.73 Å². The number of amides is 1. The summed E-state index contributed by atoms with van der Waals surface area (Å²) < 4.78 is 1.52. The van der Waals surface area contributed by atoms with Gasteiger partial charge in [0.1, 0.15) is 6.33 Å². The van der Waals surface area contributed by atoms with Crippen LogP contribution in [0.3, 0.4) is 0 Å². The quantitative estimate of drug-likeness (QED) is 0.846. The summed E-state index contributed by atoms with van der Waals surface area (Å²) >= 11 is 0. The van der Waals surface area contributed by atoms with E-state index in [2.05, 4.69) is 20.8 Å². The van der Waals surface area contributed by atoms with Crippen LogP contribution in [0.4, 0.5) is 5.69 Å². The summed E-state index contributed by atoms with van der Waals surface area (Å²) in [7, 11) is 0. The number of hydrogen-bond acceptors (Lipinski definition) is 5. The molecule has 106 valence electrons. The molecule has 0 aliphatic carbocycles. The van der Waals surface area contributed by atoms with Gasteiger partial charge in [-0.25, -0.2) is 4.68 Å². The Kier molecular flexibility index (Phi) is 4.41. The predicted octanol–water partition coefficient (Wildman–Crippen LogP) is 0.974. The van der Waals surface area contributed by atoms with Crippen LogP contribution in [0.25, 0.3) is 5.69 Å². The second-order valence-corrected chi connectivity index (χ2v) is 4.71. The molecule has 1 amide bonds. The van der Waals surface area contributed by atoms with Crippen LogP contribution in [-0.4, -0.2) is 32.2 Å². The summed E-state index contributed by atoms with van der Waals surface area (Å²) in [6, 6.07) is 6.74. The maximum Gasteiger partial charge on any atom is 0.241 e. The third kappa shape index (κ3) is 3.18. The largest absolute Gasteiger partial charge is 0.325 e. The van der Waals surface area contributed by atoms with E-state index in [1.54, 1.807) is 12.1 Å². The van der Waals surface area contributed by atoms with Crippen molar-refractivity contribution in [1.82, 2.24) is 20.2 Å². The number of carbonyl (C=O) groups excluding carboxylic acids is 1. The highest BCUT2D eigenvalue weighted by Gasteiger charge is 2.19. The second-order valence-electron chi connectivity index (χ2n) is 4.71. The Balaban J connectivity index is 2.10. The van der Waals surface area contributed by atoms with Crippen molar-refractivity contribution >= 4 is 11.6 Å². The van der Waals surface area contributed by atoms with E-state index in [-0.39, 0.29) is 11.8 Å². The number of benzene rings is 1. The third-order valence-corrected chi connectivity index (χ3v) is 3.29. The number of nitrogens with one attached hydrogen (secondary N) is 1. The normalized spacial score (nSPS) is 13.8. The molecule has 0 aliphatic heterocycles. The van der Waals surface area contributed by atoms with Gasteiger partial charge in [-0.3, -0.25) is 4.79 Å². The number of carbonyl (C=O) groups is 1. The van der Waals surface area contributed by atoms with E-state index in [1.807, 2.05) is 26.0 Å². The number of rotatable bonds is 5. The van der Waals surface area contributed by atoms with Crippen LogP contribution in [0.1, 0.15) is 20.3 Å². The van der Waals surface area contributed by atoms with Gasteiger partial charge in [-0.05, 0) is 34.5 Å². The molecule has 1 aromatic carbocycles. The highest BCUT2D eigenvalue weighted by atomic mass is 16.2. The van der Waals surface area contributed by atoms with E-state index < -0.39 is 6.04 Å². The lowest BCUT2D eigenvalue weighted by atomic mass is 9.99. The molecule has 7 nitrogen and oxygen atoms in total. The van der Waals surface area contributed by atoms with Gasteiger partial charge in [-0.15, -0.1) is 5.10 Å². The lowest BCUT2D eigenvalue weighted by molar-refractivity contribution is -0.118. The minimum atomic E-state index is -0.517. The average Bonchev–Trinajstić information content (AvgIpc) is 3.00. The monoisotopic (exact) mass is 274 g/mol. The first kappa shape index (κ1) is 14.1. The van der Waals surface area contributed by atoms with Gasteiger partial charge in [0.15, 0.2) is 0 Å². The van der Waals surface area contributed by atoms with Crippen molar-refractivity contribution in [3.05, 3.63) is 30.6 Å². The van der Waals surface area contributed by atoms with Crippen LogP contribution < -0.4 is 11.1 Å². The van der Waals surface area contributed by atoms with Gasteiger partial charge < -0.3 is 11.1 Å². The van der Waals surface area contributed by atoms with Crippen LogP contribution in [0.5, 0.6) is 0 Å². The summed E-state index contributed by atoms with van der Waals surface area (Å²) in [6.07, 6.45) is 2.35. The zero-order valence-corrected chi connectivity index (χ0v) is 11.5. The fraction of sp³-hybridized carbons (Fsp3) is 0.385. The standard InChI is InChI=1S/C13H18N6O/c1-3-9(2)12(14)13(20)16-10-5-4-6-11(7-10)19-8-15-17-18-19/h4-9,12H,3,14H2,1-2H3,(H,16,20)/t9?,12-/m0/s1. The van der Waals surface area contributed by atoms with Crippen molar-refractivity contribution in [2.75, 3.05) is 5.32 Å². The first-order valence-electron chi connectivity index (χ1n) is 6.51. The number of aromatic nitrogens is 4. The molecule has 1 aromatic heterocycles. The maximum atomic E-state index is 12.0. The maximum absolute atomic E-state index is 12.0. The Labute approximate surface area is 117 Å². The molecule has 0 bridgehead atoms. The Morgan fingerprint density at radius 3 is 2.95 bits per heavy atom. The third-order valence-electron chi connectivity index (χ3n) is 3.29. The molecule has 1 unspecified atom stereocenters. The predicted molar refractivity (Wildman–Crippen MR) is 75.2 cm³/mol. The van der Waals surface area contributed by atoms with Crippen molar-refractivity contribution in [1.29, 1.82) is 0 Å². The molecule has 2 rings (SSSR count). The molecule has 0 fully saturated rings. The van der Waals surface area contributed by atoms with E-state index in [0.29, 0.717) is 5.69 Å². The van der Waals surface area contributed by atoms with Crippen molar-refractivity contribution in [3.63, 3.8) is 0 Å². The molecule has 0 saturated heterocycles. The number of nitrogens with two attached hydrogens (primary N) is 1. The molecule has 1 heterocycles. The van der Waals surface area contributed by atoms with E-state index in [9.17, 15) is 4.79 Å². The van der Waals surface area contributed by atoms with Crippen molar-refractivity contribution in [2.24, 2.45) is 11.7 Å². The second kappa shape index (κ2) is 6.25. The van der Waals surface area contributed by atoms with Crippen LogP contribution in [0, 0.1) is 5.92 Å². The lowest BCUT2D eigenvalue weighted by Gasteiger charge is -2.17. The van der Waals surface area contributed by atoms with Crippen LogP contribution in [-0.2, 0) is 4.79 Å². The Hall–Kier alpha value is -2.28. The number of nitrogens with zero attached hydrogens (tertiary/aromatic N) is 4. The first-order valence-corrected chi connectivity index (χ1v) is 6.51. The zero-order valence-electron chi connectivity index (χ0n) is 11.5. The fourth-order valence-electron chi connectivity index (χ4n) is 1.74. The van der Waals surface area contributed by atoms with Gasteiger partial charge in [0, 0.05) is 5.69 Å². The zero-order chi connectivity index (χ0) is 14.5. The Morgan fingerprint density at radius 1 is 1.50 bits per heavy atom. The summed E-state index contributed by atoms with van der Waals surface area (Å²) in [4.78, 5) is 12.0. The molecule has 2 aromatic rings. The SMILES string of the molecule is CCC(C)[C@H](N)C(=O)Nc1cccc(-n2cnnn2)c1. The van der Waals surface area contributed by atoms with Crippen molar-refractivity contribution in [2.45, 2.75) is 26.3 Å². The highest BCUT2D eigenvalue weighted by molar-refractivity contribution is 5.95. The summed E-state index contributed by atoms with van der Waals surface area (Å²) in [5.41, 5.74) is 7.34. The first-order chi connectivity index (χ1) is 9.61.